The molecule has 1 heterocycles. The molecule has 0 aromatic heterocycles. The van der Waals surface area contributed by atoms with Crippen LogP contribution in [0, 0.1) is 5.92 Å². The van der Waals surface area contributed by atoms with Crippen molar-refractivity contribution in [2.45, 2.75) is 57.0 Å². The summed E-state index contributed by atoms with van der Waals surface area (Å²) < 4.78 is 0. The number of piperidine rings is 1. The molecule has 3 rings (SSSR count). The minimum Gasteiger partial charge on any atom is -0.353 e. The highest BCUT2D eigenvalue weighted by Crippen LogP contribution is 2.21. The number of nitrogens with zero attached hydrogens (tertiary/aromatic N) is 1. The highest BCUT2D eigenvalue weighted by atomic mass is 16.1. The number of amides is 1. The Morgan fingerprint density at radius 1 is 1.11 bits per heavy atom. The average molecular weight is 265 g/mol. The van der Waals surface area contributed by atoms with Crippen LogP contribution in [0.2, 0.25) is 0 Å². The second-order valence-corrected chi connectivity index (χ2v) is 6.58. The smallest absolute Gasteiger partial charge is 0.221 e. The molecule has 1 unspecified atom stereocenters. The molecule has 3 fully saturated rings. The van der Waals surface area contributed by atoms with Gasteiger partial charge in [-0.1, -0.05) is 0 Å². The zero-order valence-corrected chi connectivity index (χ0v) is 11.9. The van der Waals surface area contributed by atoms with E-state index in [1.807, 2.05) is 0 Å². The van der Waals surface area contributed by atoms with Crippen molar-refractivity contribution in [1.82, 2.24) is 15.5 Å². The largest absolute Gasteiger partial charge is 0.353 e. The quantitative estimate of drug-likeness (QED) is 0.725. The molecule has 1 amide bonds. The molecule has 0 aromatic rings. The molecular weight excluding hydrogens is 238 g/mol. The van der Waals surface area contributed by atoms with Gasteiger partial charge in [-0.3, -0.25) is 4.79 Å². The number of rotatable bonds is 7. The standard InChI is InChI=1S/C15H27N3O/c19-15(17-14-5-6-14)7-9-18-8-1-2-12(11-18)10-16-13-3-4-13/h12-14,16H,1-11H2,(H,17,19). The Hall–Kier alpha value is -0.610. The van der Waals surface area contributed by atoms with Gasteiger partial charge < -0.3 is 15.5 Å². The van der Waals surface area contributed by atoms with Gasteiger partial charge in [-0.05, 0) is 57.5 Å². The van der Waals surface area contributed by atoms with Crippen molar-refractivity contribution in [2.24, 2.45) is 5.92 Å². The molecule has 4 nitrogen and oxygen atoms in total. The van der Waals surface area contributed by atoms with Crippen molar-refractivity contribution in [3.05, 3.63) is 0 Å². The third-order valence-corrected chi connectivity index (χ3v) is 4.47. The van der Waals surface area contributed by atoms with E-state index >= 15 is 0 Å². The number of hydrogen-bond acceptors (Lipinski definition) is 3. The Morgan fingerprint density at radius 2 is 1.89 bits per heavy atom. The first-order valence-electron chi connectivity index (χ1n) is 8.05. The predicted octanol–water partition coefficient (Wildman–Crippen LogP) is 1.12. The maximum Gasteiger partial charge on any atom is 0.221 e. The van der Waals surface area contributed by atoms with Crippen molar-refractivity contribution in [1.29, 1.82) is 0 Å². The monoisotopic (exact) mass is 265 g/mol. The highest BCUT2D eigenvalue weighted by molar-refractivity contribution is 5.76. The predicted molar refractivity (Wildman–Crippen MR) is 76.0 cm³/mol. The SMILES string of the molecule is O=C(CCN1CCCC(CNC2CC2)C1)NC1CC1. The summed E-state index contributed by atoms with van der Waals surface area (Å²) in [5.41, 5.74) is 0. The van der Waals surface area contributed by atoms with Crippen molar-refractivity contribution >= 4 is 5.91 Å². The van der Waals surface area contributed by atoms with E-state index in [0.717, 1.165) is 18.5 Å². The molecular formula is C15H27N3O. The molecule has 0 aromatic carbocycles. The number of nitrogens with one attached hydrogen (secondary N) is 2. The van der Waals surface area contributed by atoms with E-state index in [9.17, 15) is 4.79 Å². The van der Waals surface area contributed by atoms with Crippen LogP contribution in [0.25, 0.3) is 0 Å². The molecule has 0 radical (unpaired) electrons. The molecule has 4 heteroatoms. The van der Waals surface area contributed by atoms with E-state index in [0.29, 0.717) is 12.5 Å². The molecule has 1 atom stereocenters. The summed E-state index contributed by atoms with van der Waals surface area (Å²) in [6, 6.07) is 1.32. The van der Waals surface area contributed by atoms with Crippen LogP contribution >= 0.6 is 0 Å². The number of carbonyl (C=O) groups is 1. The van der Waals surface area contributed by atoms with Crippen LogP contribution in [-0.2, 0) is 4.79 Å². The molecule has 3 aliphatic rings. The molecule has 108 valence electrons. The van der Waals surface area contributed by atoms with Crippen LogP contribution in [0.1, 0.15) is 44.9 Å². The van der Waals surface area contributed by atoms with Crippen molar-refractivity contribution < 1.29 is 4.79 Å². The lowest BCUT2D eigenvalue weighted by molar-refractivity contribution is -0.121. The van der Waals surface area contributed by atoms with E-state index in [2.05, 4.69) is 15.5 Å². The van der Waals surface area contributed by atoms with Gasteiger partial charge in [0.15, 0.2) is 0 Å². The second kappa shape index (κ2) is 6.23. The normalized spacial score (nSPS) is 28.3. The molecule has 1 saturated heterocycles. The third-order valence-electron chi connectivity index (χ3n) is 4.47. The third kappa shape index (κ3) is 4.77. The molecule has 0 spiro atoms. The lowest BCUT2D eigenvalue weighted by Gasteiger charge is -2.32. The maximum atomic E-state index is 11.7. The molecule has 1 aliphatic heterocycles. The Morgan fingerprint density at radius 3 is 2.63 bits per heavy atom. The summed E-state index contributed by atoms with van der Waals surface area (Å²) >= 11 is 0. The van der Waals surface area contributed by atoms with Gasteiger partial charge in [0.1, 0.15) is 0 Å². The fourth-order valence-corrected chi connectivity index (χ4v) is 2.93. The van der Waals surface area contributed by atoms with E-state index in [1.54, 1.807) is 0 Å². The van der Waals surface area contributed by atoms with Crippen molar-refractivity contribution in [2.75, 3.05) is 26.2 Å². The number of likely N-dealkylation sites (tertiary alicyclic amines) is 1. The number of carbonyl (C=O) groups excluding carboxylic acids is 1. The van der Waals surface area contributed by atoms with E-state index in [1.165, 1.54) is 58.2 Å². The molecule has 2 saturated carbocycles. The van der Waals surface area contributed by atoms with Gasteiger partial charge in [-0.25, -0.2) is 0 Å². The summed E-state index contributed by atoms with van der Waals surface area (Å²) in [7, 11) is 0. The van der Waals surface area contributed by atoms with Gasteiger partial charge >= 0.3 is 0 Å². The zero-order chi connectivity index (χ0) is 13.1. The summed E-state index contributed by atoms with van der Waals surface area (Å²) in [6.07, 6.45) is 8.44. The summed E-state index contributed by atoms with van der Waals surface area (Å²) in [6.45, 7) is 4.47. The Balaban J connectivity index is 1.31. The van der Waals surface area contributed by atoms with Gasteiger partial charge in [0.2, 0.25) is 5.91 Å². The average Bonchev–Trinajstić information content (AvgIpc) is 3.29. The van der Waals surface area contributed by atoms with Crippen LogP contribution in [0.4, 0.5) is 0 Å². The Bertz CT molecular complexity index is 313. The topological polar surface area (TPSA) is 44.4 Å². The van der Waals surface area contributed by atoms with Crippen LogP contribution in [0.15, 0.2) is 0 Å². The van der Waals surface area contributed by atoms with Gasteiger partial charge in [0.25, 0.3) is 0 Å². The van der Waals surface area contributed by atoms with E-state index in [4.69, 9.17) is 0 Å². The first kappa shape index (κ1) is 13.4. The number of hydrogen-bond donors (Lipinski definition) is 2. The van der Waals surface area contributed by atoms with Crippen LogP contribution < -0.4 is 10.6 Å². The molecule has 2 aliphatic carbocycles. The van der Waals surface area contributed by atoms with Gasteiger partial charge in [-0.15, -0.1) is 0 Å². The minimum atomic E-state index is 0.251. The minimum absolute atomic E-state index is 0.251. The first-order valence-corrected chi connectivity index (χ1v) is 8.05. The van der Waals surface area contributed by atoms with Gasteiger partial charge in [0.05, 0.1) is 0 Å². The van der Waals surface area contributed by atoms with Crippen LogP contribution in [0.3, 0.4) is 0 Å². The molecule has 0 bridgehead atoms. The maximum absolute atomic E-state index is 11.7. The second-order valence-electron chi connectivity index (χ2n) is 6.58. The summed E-state index contributed by atoms with van der Waals surface area (Å²) in [5, 5.41) is 6.72. The first-order chi connectivity index (χ1) is 9.29. The van der Waals surface area contributed by atoms with E-state index in [-0.39, 0.29) is 5.91 Å². The Kier molecular flexibility index (Phi) is 4.38. The fraction of sp³-hybridized carbons (Fsp3) is 0.933. The van der Waals surface area contributed by atoms with Crippen LogP contribution in [-0.4, -0.2) is 49.1 Å². The van der Waals surface area contributed by atoms with Gasteiger partial charge in [0, 0.05) is 31.6 Å². The molecule has 19 heavy (non-hydrogen) atoms. The molecule has 2 N–H and O–H groups in total. The lowest BCUT2D eigenvalue weighted by atomic mass is 9.98. The fourth-order valence-electron chi connectivity index (χ4n) is 2.93. The lowest BCUT2D eigenvalue weighted by Crippen LogP contribution is -2.41. The Labute approximate surface area is 116 Å². The van der Waals surface area contributed by atoms with Crippen molar-refractivity contribution in [3.63, 3.8) is 0 Å². The van der Waals surface area contributed by atoms with Gasteiger partial charge in [-0.2, -0.15) is 0 Å². The summed E-state index contributed by atoms with van der Waals surface area (Å²) in [4.78, 5) is 14.2. The van der Waals surface area contributed by atoms with E-state index < -0.39 is 0 Å². The van der Waals surface area contributed by atoms with Crippen molar-refractivity contribution in [3.8, 4) is 0 Å². The highest BCUT2D eigenvalue weighted by Gasteiger charge is 2.26. The van der Waals surface area contributed by atoms with Crippen LogP contribution in [0.5, 0.6) is 0 Å². The zero-order valence-electron chi connectivity index (χ0n) is 11.9. The summed E-state index contributed by atoms with van der Waals surface area (Å²) in [5.74, 6) is 1.04.